The Hall–Kier alpha value is -2.31. The number of aromatic nitrogens is 4. The predicted molar refractivity (Wildman–Crippen MR) is 81.2 cm³/mol. The molecule has 6 nitrogen and oxygen atoms in total. The van der Waals surface area contributed by atoms with Crippen molar-refractivity contribution in [2.75, 3.05) is 0 Å². The van der Waals surface area contributed by atoms with Gasteiger partial charge >= 0.3 is 0 Å². The summed E-state index contributed by atoms with van der Waals surface area (Å²) >= 11 is 0. The summed E-state index contributed by atoms with van der Waals surface area (Å²) in [4.78, 5) is 8.63. The lowest BCUT2D eigenvalue weighted by atomic mass is 10.0. The molecule has 0 aliphatic heterocycles. The maximum Gasteiger partial charge on any atom is 0.0890 e. The molecule has 0 aliphatic carbocycles. The molecule has 2 heterocycles. The highest BCUT2D eigenvalue weighted by Gasteiger charge is 2.17. The first kappa shape index (κ1) is 13.7. The Bertz CT molecular complexity index is 736. The van der Waals surface area contributed by atoms with Crippen LogP contribution in [0.25, 0.3) is 11.0 Å². The zero-order valence-corrected chi connectivity index (χ0v) is 11.9. The normalized spacial score (nSPS) is 12.7. The number of rotatable bonds is 5. The van der Waals surface area contributed by atoms with Crippen LogP contribution in [0.4, 0.5) is 0 Å². The van der Waals surface area contributed by atoms with Gasteiger partial charge in [-0.25, -0.2) is 5.43 Å². The minimum absolute atomic E-state index is 0.120. The lowest BCUT2D eigenvalue weighted by molar-refractivity contribution is 0.521. The Kier molecular flexibility index (Phi) is 3.89. The van der Waals surface area contributed by atoms with E-state index in [0.29, 0.717) is 0 Å². The number of aryl methyl sites for hydroxylation is 1. The lowest BCUT2D eigenvalue weighted by Crippen LogP contribution is -2.30. The van der Waals surface area contributed by atoms with Crippen LogP contribution in [0.5, 0.6) is 0 Å². The maximum absolute atomic E-state index is 5.78. The van der Waals surface area contributed by atoms with E-state index in [1.807, 2.05) is 28.9 Å². The topological polar surface area (TPSA) is 81.7 Å². The van der Waals surface area contributed by atoms with E-state index in [9.17, 15) is 0 Å². The van der Waals surface area contributed by atoms with E-state index in [-0.39, 0.29) is 6.04 Å². The molecule has 3 aromatic rings. The molecule has 0 bridgehead atoms. The van der Waals surface area contributed by atoms with Crippen molar-refractivity contribution < 1.29 is 0 Å². The van der Waals surface area contributed by atoms with Gasteiger partial charge in [-0.3, -0.25) is 20.5 Å². The number of fused-ring (bicyclic) bond motifs is 1. The van der Waals surface area contributed by atoms with Crippen LogP contribution in [-0.4, -0.2) is 19.7 Å². The van der Waals surface area contributed by atoms with Crippen molar-refractivity contribution in [2.45, 2.75) is 25.9 Å². The molecule has 0 spiro atoms. The van der Waals surface area contributed by atoms with Crippen LogP contribution in [0.3, 0.4) is 0 Å². The quantitative estimate of drug-likeness (QED) is 0.551. The second kappa shape index (κ2) is 5.99. The Labute approximate surface area is 123 Å². The summed E-state index contributed by atoms with van der Waals surface area (Å²) in [5.41, 5.74) is 6.70. The third kappa shape index (κ3) is 2.63. The number of hydrogen-bond donors (Lipinski definition) is 2. The monoisotopic (exact) mass is 282 g/mol. The highest BCUT2D eigenvalue weighted by molar-refractivity contribution is 5.74. The minimum atomic E-state index is -0.120. The molecule has 1 aromatic carbocycles. The third-order valence-electron chi connectivity index (χ3n) is 3.47. The van der Waals surface area contributed by atoms with Gasteiger partial charge in [-0.2, -0.15) is 5.10 Å². The molecule has 6 heteroatoms. The van der Waals surface area contributed by atoms with Crippen molar-refractivity contribution in [1.82, 2.24) is 25.2 Å². The van der Waals surface area contributed by atoms with Crippen LogP contribution in [0.1, 0.15) is 30.6 Å². The highest BCUT2D eigenvalue weighted by Crippen LogP contribution is 2.23. The number of nitrogens with two attached hydrogens (primary N) is 1. The Morgan fingerprint density at radius 3 is 2.71 bits per heavy atom. The van der Waals surface area contributed by atoms with Crippen LogP contribution in [0.2, 0.25) is 0 Å². The average molecular weight is 282 g/mol. The number of benzene rings is 1. The second-order valence-corrected chi connectivity index (χ2v) is 4.88. The first-order chi connectivity index (χ1) is 10.3. The molecule has 0 aliphatic rings. The van der Waals surface area contributed by atoms with Crippen LogP contribution in [-0.2, 0) is 6.54 Å². The van der Waals surface area contributed by atoms with E-state index in [1.54, 1.807) is 18.6 Å². The van der Waals surface area contributed by atoms with Crippen LogP contribution in [0.15, 0.2) is 42.9 Å². The van der Waals surface area contributed by atoms with Gasteiger partial charge in [0, 0.05) is 25.1 Å². The fourth-order valence-electron chi connectivity index (χ4n) is 2.50. The van der Waals surface area contributed by atoms with Gasteiger partial charge in [-0.1, -0.05) is 13.0 Å². The summed E-state index contributed by atoms with van der Waals surface area (Å²) in [5, 5.41) is 4.36. The predicted octanol–water partition coefficient (Wildman–Crippen LogP) is 1.79. The van der Waals surface area contributed by atoms with E-state index >= 15 is 0 Å². The molecule has 0 radical (unpaired) electrons. The summed E-state index contributed by atoms with van der Waals surface area (Å²) in [6.07, 6.45) is 6.21. The number of nitrogens with one attached hydrogen (secondary N) is 1. The number of hydrazine groups is 1. The van der Waals surface area contributed by atoms with E-state index in [0.717, 1.165) is 35.3 Å². The average Bonchev–Trinajstić information content (AvgIpc) is 2.97. The van der Waals surface area contributed by atoms with E-state index in [4.69, 9.17) is 5.84 Å². The second-order valence-electron chi connectivity index (χ2n) is 4.88. The van der Waals surface area contributed by atoms with Crippen LogP contribution >= 0.6 is 0 Å². The molecule has 0 amide bonds. The van der Waals surface area contributed by atoms with E-state index < -0.39 is 0 Å². The van der Waals surface area contributed by atoms with E-state index in [1.165, 1.54) is 0 Å². The number of hydrogen-bond acceptors (Lipinski definition) is 5. The smallest absolute Gasteiger partial charge is 0.0890 e. The number of nitrogens with zero attached hydrogens (tertiary/aromatic N) is 4. The standard InChI is InChI=1S/C15H18N6/c1-2-9-21-14(5-6-19-21)15(20-16)11-3-4-12-13(10-11)18-8-7-17-12/h3-8,10,15,20H,2,9,16H2,1H3. The Morgan fingerprint density at radius 2 is 1.95 bits per heavy atom. The zero-order valence-electron chi connectivity index (χ0n) is 11.9. The molecule has 0 saturated heterocycles. The molecule has 2 aromatic heterocycles. The van der Waals surface area contributed by atoms with Crippen molar-refractivity contribution >= 4 is 11.0 Å². The van der Waals surface area contributed by atoms with Crippen molar-refractivity contribution in [1.29, 1.82) is 0 Å². The van der Waals surface area contributed by atoms with Gasteiger partial charge in [0.05, 0.1) is 22.8 Å². The zero-order chi connectivity index (χ0) is 14.7. The van der Waals surface area contributed by atoms with Gasteiger partial charge in [0.1, 0.15) is 0 Å². The molecular weight excluding hydrogens is 264 g/mol. The molecule has 108 valence electrons. The third-order valence-corrected chi connectivity index (χ3v) is 3.47. The summed E-state index contributed by atoms with van der Waals surface area (Å²) in [7, 11) is 0. The molecule has 0 saturated carbocycles. The molecule has 21 heavy (non-hydrogen) atoms. The summed E-state index contributed by atoms with van der Waals surface area (Å²) in [6.45, 7) is 3.00. The fraction of sp³-hybridized carbons (Fsp3) is 0.267. The molecule has 1 atom stereocenters. The lowest BCUT2D eigenvalue weighted by Gasteiger charge is -2.18. The van der Waals surface area contributed by atoms with Gasteiger partial charge in [0.2, 0.25) is 0 Å². The van der Waals surface area contributed by atoms with Gasteiger partial charge in [0.25, 0.3) is 0 Å². The molecule has 1 unspecified atom stereocenters. The first-order valence-corrected chi connectivity index (χ1v) is 7.02. The van der Waals surface area contributed by atoms with Crippen molar-refractivity contribution in [3.8, 4) is 0 Å². The Balaban J connectivity index is 2.03. The SMILES string of the molecule is CCCn1nccc1C(NN)c1ccc2nccnc2c1. The molecular formula is C15H18N6. The largest absolute Gasteiger partial charge is 0.271 e. The minimum Gasteiger partial charge on any atom is -0.271 e. The van der Waals surface area contributed by atoms with Crippen LogP contribution < -0.4 is 11.3 Å². The summed E-state index contributed by atoms with van der Waals surface area (Å²) < 4.78 is 1.98. The van der Waals surface area contributed by atoms with Gasteiger partial charge < -0.3 is 0 Å². The summed E-state index contributed by atoms with van der Waals surface area (Å²) in [6, 6.07) is 7.86. The fourth-order valence-corrected chi connectivity index (χ4v) is 2.50. The molecule has 3 rings (SSSR count). The summed E-state index contributed by atoms with van der Waals surface area (Å²) in [5.74, 6) is 5.78. The molecule has 0 fully saturated rings. The van der Waals surface area contributed by atoms with E-state index in [2.05, 4.69) is 27.4 Å². The Morgan fingerprint density at radius 1 is 1.14 bits per heavy atom. The van der Waals surface area contributed by atoms with Gasteiger partial charge in [-0.05, 0) is 30.2 Å². The molecule has 3 N–H and O–H groups in total. The van der Waals surface area contributed by atoms with Crippen molar-refractivity contribution in [3.05, 3.63) is 54.1 Å². The first-order valence-electron chi connectivity index (χ1n) is 7.02. The van der Waals surface area contributed by atoms with Gasteiger partial charge in [0.15, 0.2) is 0 Å². The van der Waals surface area contributed by atoms with Crippen LogP contribution in [0, 0.1) is 0 Å². The van der Waals surface area contributed by atoms with Crippen molar-refractivity contribution in [2.24, 2.45) is 5.84 Å². The van der Waals surface area contributed by atoms with Crippen molar-refractivity contribution in [3.63, 3.8) is 0 Å². The maximum atomic E-state index is 5.78. The van der Waals surface area contributed by atoms with Gasteiger partial charge in [-0.15, -0.1) is 0 Å². The highest BCUT2D eigenvalue weighted by atomic mass is 15.3.